The van der Waals surface area contributed by atoms with Gasteiger partial charge in [0.05, 0.1) is 12.8 Å². The first kappa shape index (κ1) is 33.7. The second-order valence-electron chi connectivity index (χ2n) is 10.3. The van der Waals surface area contributed by atoms with Crippen LogP contribution in [0.5, 0.6) is 5.75 Å². The molecule has 0 aliphatic carbocycles. The number of alkyl carbamates (subject to hydrolysis) is 1. The number of amides is 3. The van der Waals surface area contributed by atoms with Gasteiger partial charge < -0.3 is 25.4 Å². The zero-order valence-corrected chi connectivity index (χ0v) is 23.9. The zero-order chi connectivity index (χ0) is 32.9. The summed E-state index contributed by atoms with van der Waals surface area (Å²) in [5.74, 6) is -2.07. The summed E-state index contributed by atoms with van der Waals surface area (Å²) in [6, 6.07) is 9.57. The minimum Gasteiger partial charge on any atom is -0.496 e. The molecule has 0 bridgehead atoms. The fraction of sp³-hybridized carbons (Fsp3) is 0.357. The highest BCUT2D eigenvalue weighted by atomic mass is 19.4. The van der Waals surface area contributed by atoms with Gasteiger partial charge in [-0.2, -0.15) is 31.4 Å². The van der Waals surface area contributed by atoms with Gasteiger partial charge in [0, 0.05) is 24.7 Å². The van der Waals surface area contributed by atoms with Gasteiger partial charge in [0.1, 0.15) is 17.0 Å². The van der Waals surface area contributed by atoms with Gasteiger partial charge in [-0.3, -0.25) is 9.59 Å². The van der Waals surface area contributed by atoms with Crippen LogP contribution < -0.4 is 20.7 Å². The fourth-order valence-electron chi connectivity index (χ4n) is 3.80. The Balaban J connectivity index is 1.82. The molecule has 0 radical (unpaired) electrons. The Kier molecular flexibility index (Phi) is 10.2. The van der Waals surface area contributed by atoms with Crippen LogP contribution in [0.4, 0.5) is 31.1 Å². The summed E-state index contributed by atoms with van der Waals surface area (Å²) < 4.78 is 92.0. The Morgan fingerprint density at radius 1 is 0.909 bits per heavy atom. The zero-order valence-electron chi connectivity index (χ0n) is 23.9. The van der Waals surface area contributed by atoms with Crippen LogP contribution in [0, 0.1) is 0 Å². The third kappa shape index (κ3) is 9.12. The Hall–Kier alpha value is -4.76. The molecule has 1 aromatic heterocycles. The molecular weight excluding hydrogens is 600 g/mol. The smallest absolute Gasteiger partial charge is 0.435 e. The molecule has 0 aliphatic heterocycles. The number of aromatic nitrogens is 2. The molecule has 1 unspecified atom stereocenters. The number of hydrogen-bond acceptors (Lipinski definition) is 6. The van der Waals surface area contributed by atoms with Crippen LogP contribution in [0.1, 0.15) is 48.1 Å². The van der Waals surface area contributed by atoms with Crippen molar-refractivity contribution in [3.63, 3.8) is 0 Å². The number of nitrogens with zero attached hydrogens (tertiary/aromatic N) is 2. The van der Waals surface area contributed by atoms with Crippen molar-refractivity contribution in [3.05, 3.63) is 77.1 Å². The average Bonchev–Trinajstić information content (AvgIpc) is 3.39. The van der Waals surface area contributed by atoms with E-state index < -0.39 is 59.8 Å². The first-order chi connectivity index (χ1) is 20.4. The van der Waals surface area contributed by atoms with Gasteiger partial charge in [0.25, 0.3) is 11.8 Å². The van der Waals surface area contributed by atoms with E-state index in [2.05, 4.69) is 10.4 Å². The molecule has 238 valence electrons. The summed E-state index contributed by atoms with van der Waals surface area (Å²) in [6.45, 7) is 3.68. The third-order valence-electron chi connectivity index (χ3n) is 5.74. The van der Waals surface area contributed by atoms with Crippen LogP contribution in [0.2, 0.25) is 0 Å². The summed E-state index contributed by atoms with van der Waals surface area (Å²) in [6.07, 6.45) is -11.5. The summed E-state index contributed by atoms with van der Waals surface area (Å²) in [4.78, 5) is 37.3. The van der Waals surface area contributed by atoms with E-state index in [0.717, 1.165) is 4.68 Å². The van der Waals surface area contributed by atoms with Crippen molar-refractivity contribution >= 4 is 17.9 Å². The summed E-state index contributed by atoms with van der Waals surface area (Å²) in [7, 11) is 1.42. The fourth-order valence-corrected chi connectivity index (χ4v) is 3.80. The van der Waals surface area contributed by atoms with Crippen molar-refractivity contribution in [3.8, 4) is 11.4 Å². The molecule has 0 saturated heterocycles. The minimum atomic E-state index is -5.17. The molecule has 1 heterocycles. The van der Waals surface area contributed by atoms with Crippen LogP contribution in [-0.4, -0.2) is 52.6 Å². The molecule has 3 N–H and O–H groups in total. The molecule has 0 spiro atoms. The number of methoxy groups -OCH3 is 1. The van der Waals surface area contributed by atoms with Crippen molar-refractivity contribution in [1.29, 1.82) is 0 Å². The van der Waals surface area contributed by atoms with Crippen molar-refractivity contribution in [2.75, 3.05) is 7.11 Å². The van der Waals surface area contributed by atoms with E-state index in [1.807, 2.05) is 5.32 Å². The van der Waals surface area contributed by atoms with Crippen LogP contribution in [0.25, 0.3) is 5.69 Å². The highest BCUT2D eigenvalue weighted by molar-refractivity contribution is 5.93. The Labute approximate surface area is 247 Å². The number of carbonyl (C=O) groups is 3. The number of benzene rings is 2. The normalized spacial score (nSPS) is 12.7. The summed E-state index contributed by atoms with van der Waals surface area (Å²) in [5.41, 5.74) is -2.30. The average molecular weight is 630 g/mol. The number of rotatable bonds is 9. The van der Waals surface area contributed by atoms with E-state index in [-0.39, 0.29) is 17.8 Å². The number of alkyl halides is 6. The number of hydrogen-bond donors (Lipinski definition) is 3. The van der Waals surface area contributed by atoms with E-state index in [9.17, 15) is 40.7 Å². The largest absolute Gasteiger partial charge is 0.496 e. The highest BCUT2D eigenvalue weighted by Crippen LogP contribution is 2.30. The summed E-state index contributed by atoms with van der Waals surface area (Å²) >= 11 is 0. The lowest BCUT2D eigenvalue weighted by Crippen LogP contribution is -2.55. The van der Waals surface area contributed by atoms with Gasteiger partial charge in [0.15, 0.2) is 5.69 Å². The second-order valence-corrected chi connectivity index (χ2v) is 10.3. The number of para-hydroxylation sites is 1. The number of nitrogens with one attached hydrogen (secondary N) is 3. The second kappa shape index (κ2) is 13.3. The van der Waals surface area contributed by atoms with E-state index in [1.165, 1.54) is 57.5 Å². The summed E-state index contributed by atoms with van der Waals surface area (Å²) in [5, 5.41) is 9.57. The number of ether oxygens (including phenoxy) is 2. The molecule has 0 fully saturated rings. The predicted octanol–water partition coefficient (Wildman–Crippen LogP) is 4.90. The molecule has 3 rings (SSSR count). The minimum absolute atomic E-state index is 0.0473. The molecule has 3 aromatic rings. The van der Waals surface area contributed by atoms with Gasteiger partial charge in [-0.05, 0) is 44.5 Å². The maximum Gasteiger partial charge on any atom is 0.435 e. The first-order valence-corrected chi connectivity index (χ1v) is 12.9. The van der Waals surface area contributed by atoms with Crippen LogP contribution in [0.3, 0.4) is 0 Å². The quantitative estimate of drug-likeness (QED) is 0.290. The Morgan fingerprint density at radius 3 is 2.20 bits per heavy atom. The van der Waals surface area contributed by atoms with Crippen molar-refractivity contribution in [2.24, 2.45) is 0 Å². The SMILES string of the molecule is COc1ccccc1CNC(=O)c1cc(C(F)(F)F)nn1-c1cccc(CNC(=O)C(NC(=O)OC(C)(C)C)C(F)(F)F)c1. The van der Waals surface area contributed by atoms with Crippen LogP contribution >= 0.6 is 0 Å². The van der Waals surface area contributed by atoms with E-state index >= 15 is 0 Å². The molecule has 3 amide bonds. The van der Waals surface area contributed by atoms with Crippen molar-refractivity contribution in [2.45, 2.75) is 57.9 Å². The Bertz CT molecular complexity index is 1500. The molecule has 16 heteroatoms. The van der Waals surface area contributed by atoms with Gasteiger partial charge >= 0.3 is 18.4 Å². The monoisotopic (exact) mass is 629 g/mol. The van der Waals surface area contributed by atoms with Gasteiger partial charge in [0.2, 0.25) is 6.04 Å². The maximum absolute atomic E-state index is 13.5. The molecule has 0 saturated carbocycles. The van der Waals surface area contributed by atoms with Crippen LogP contribution in [0.15, 0.2) is 54.6 Å². The lowest BCUT2D eigenvalue weighted by molar-refractivity contribution is -0.168. The van der Waals surface area contributed by atoms with E-state index in [1.54, 1.807) is 24.3 Å². The number of carbonyl (C=O) groups excluding carboxylic acids is 3. The van der Waals surface area contributed by atoms with Crippen LogP contribution in [-0.2, 0) is 28.8 Å². The maximum atomic E-state index is 13.5. The van der Waals surface area contributed by atoms with E-state index in [0.29, 0.717) is 17.4 Å². The molecule has 44 heavy (non-hydrogen) atoms. The van der Waals surface area contributed by atoms with E-state index in [4.69, 9.17) is 9.47 Å². The van der Waals surface area contributed by atoms with Crippen molar-refractivity contribution < 1.29 is 50.2 Å². The Morgan fingerprint density at radius 2 is 1.59 bits per heavy atom. The van der Waals surface area contributed by atoms with Crippen molar-refractivity contribution in [1.82, 2.24) is 25.7 Å². The third-order valence-corrected chi connectivity index (χ3v) is 5.74. The van der Waals surface area contributed by atoms with Gasteiger partial charge in [-0.15, -0.1) is 0 Å². The topological polar surface area (TPSA) is 124 Å². The molecule has 2 aromatic carbocycles. The number of halogens is 6. The van der Waals surface area contributed by atoms with Gasteiger partial charge in [-0.25, -0.2) is 9.48 Å². The molecule has 1 atom stereocenters. The standard InChI is InChI=1S/C28H29F6N5O5/c1-26(2,3)44-25(42)37-22(28(32,33)34)24(41)35-14-16-8-7-10-18(12-16)39-19(13-21(38-39)27(29,30)31)23(40)36-15-17-9-5-6-11-20(17)43-4/h5-13,22H,14-15H2,1-4H3,(H,35,41)(H,36,40)(H,37,42). The molecular formula is C28H29F6N5O5. The first-order valence-electron chi connectivity index (χ1n) is 12.9. The lowest BCUT2D eigenvalue weighted by Gasteiger charge is -2.24. The molecule has 10 nitrogen and oxygen atoms in total. The highest BCUT2D eigenvalue weighted by Gasteiger charge is 2.46. The predicted molar refractivity (Wildman–Crippen MR) is 144 cm³/mol. The van der Waals surface area contributed by atoms with Gasteiger partial charge in [-0.1, -0.05) is 30.3 Å². The lowest BCUT2D eigenvalue weighted by atomic mass is 10.1. The molecule has 0 aliphatic rings.